The molecule has 0 N–H and O–H groups in total. The summed E-state index contributed by atoms with van der Waals surface area (Å²) in [6.45, 7) is 3.96. The van der Waals surface area contributed by atoms with Crippen LogP contribution in [-0.4, -0.2) is 22.8 Å². The van der Waals surface area contributed by atoms with Crippen LogP contribution < -0.4 is 0 Å². The van der Waals surface area contributed by atoms with Crippen LogP contribution in [0.3, 0.4) is 0 Å². The number of fused-ring (bicyclic) bond motifs is 1. The van der Waals surface area contributed by atoms with Gasteiger partial charge in [-0.25, -0.2) is 4.45 Å². The van der Waals surface area contributed by atoms with Crippen molar-refractivity contribution in [3.63, 3.8) is 0 Å². The van der Waals surface area contributed by atoms with Crippen LogP contribution >= 0.6 is 28.4 Å². The Labute approximate surface area is 115 Å². The van der Waals surface area contributed by atoms with Crippen molar-refractivity contribution in [3.8, 4) is 0 Å². The predicted octanol–water partition coefficient (Wildman–Crippen LogP) is 3.64. The Balaban J connectivity index is 2.13. The number of rotatable bonds is 2. The molecule has 3 rings (SSSR count). The summed E-state index contributed by atoms with van der Waals surface area (Å²) in [6.07, 6.45) is 3.76. The molecule has 5 heteroatoms. The highest BCUT2D eigenvalue weighted by molar-refractivity contribution is 14.2. The fraction of sp³-hybridized carbons (Fsp3) is 0.417. The molecule has 1 fully saturated rings. The molecule has 17 heavy (non-hydrogen) atoms. The summed E-state index contributed by atoms with van der Waals surface area (Å²) in [6, 6.07) is 4.56. The minimum absolute atomic E-state index is 0.570. The van der Waals surface area contributed by atoms with E-state index >= 15 is 0 Å². The third-order valence-corrected chi connectivity index (χ3v) is 5.29. The molecule has 2 atom stereocenters. The third kappa shape index (κ3) is 2.11. The maximum Gasteiger partial charge on any atom is 0.0732 e. The highest BCUT2D eigenvalue weighted by Crippen LogP contribution is 2.34. The van der Waals surface area contributed by atoms with Gasteiger partial charge in [0, 0.05) is 17.9 Å². The lowest BCUT2D eigenvalue weighted by molar-refractivity contribution is 0.194. The van der Waals surface area contributed by atoms with E-state index in [0.717, 1.165) is 19.6 Å². The molecule has 1 aromatic heterocycles. The summed E-state index contributed by atoms with van der Waals surface area (Å²) >= 11 is 2.37. The molecule has 0 bridgehead atoms. The molecule has 0 aliphatic carbocycles. The largest absolute Gasteiger partial charge is 0.381 e. The minimum Gasteiger partial charge on any atom is -0.381 e. The lowest BCUT2D eigenvalue weighted by Crippen LogP contribution is -2.00. The first-order valence-electron chi connectivity index (χ1n) is 5.72. The zero-order valence-corrected chi connectivity index (χ0v) is 12.8. The molecule has 3 nitrogen and oxygen atoms in total. The number of hydrogen-bond donors (Lipinski definition) is 0. The van der Waals surface area contributed by atoms with E-state index in [1.807, 2.05) is 6.20 Å². The first-order valence-corrected chi connectivity index (χ1v) is 9.78. The summed E-state index contributed by atoms with van der Waals surface area (Å²) in [5, 5.41) is 5.66. The van der Waals surface area contributed by atoms with Crippen molar-refractivity contribution in [2.75, 3.05) is 13.2 Å². The highest BCUT2D eigenvalue weighted by Gasteiger charge is 2.20. The van der Waals surface area contributed by atoms with Gasteiger partial charge in [0.15, 0.2) is 0 Å². The van der Waals surface area contributed by atoms with E-state index in [1.54, 1.807) is 0 Å². The number of hydrogen-bond acceptors (Lipinski definition) is 2. The van der Waals surface area contributed by atoms with E-state index in [-0.39, 0.29) is 0 Å². The average Bonchev–Trinajstić information content (AvgIpc) is 2.95. The third-order valence-electron chi connectivity index (χ3n) is 3.41. The number of benzene rings is 1. The minimum atomic E-state index is 0.570. The number of nitrogens with zero attached hydrogens (tertiary/aromatic N) is 2. The van der Waals surface area contributed by atoms with E-state index in [4.69, 9.17) is 4.74 Å². The molecular formula is C12H14IN2OP. The molecule has 1 aliphatic heterocycles. The van der Waals surface area contributed by atoms with Crippen molar-refractivity contribution in [2.24, 2.45) is 0 Å². The topological polar surface area (TPSA) is 27.1 Å². The van der Waals surface area contributed by atoms with Crippen LogP contribution in [-0.2, 0) is 4.74 Å². The van der Waals surface area contributed by atoms with Crippen LogP contribution in [0.2, 0.25) is 0 Å². The Hall–Kier alpha value is -0.190. The van der Waals surface area contributed by atoms with Gasteiger partial charge < -0.3 is 4.74 Å². The Kier molecular flexibility index (Phi) is 3.37. The van der Waals surface area contributed by atoms with E-state index in [2.05, 4.69) is 50.6 Å². The van der Waals surface area contributed by atoms with Crippen molar-refractivity contribution >= 4 is 39.3 Å². The first kappa shape index (κ1) is 11.9. The number of aryl methyl sites for hydroxylation is 1. The summed E-state index contributed by atoms with van der Waals surface area (Å²) in [4.78, 5) is 0. The van der Waals surface area contributed by atoms with Crippen molar-refractivity contribution < 1.29 is 4.74 Å². The van der Waals surface area contributed by atoms with Crippen LogP contribution in [0, 0.1) is 6.92 Å². The molecule has 1 aliphatic rings. The van der Waals surface area contributed by atoms with E-state index < -0.39 is 0 Å². The van der Waals surface area contributed by atoms with Crippen molar-refractivity contribution in [3.05, 3.63) is 29.5 Å². The fourth-order valence-corrected chi connectivity index (χ4v) is 4.03. The summed E-state index contributed by atoms with van der Waals surface area (Å²) in [5.74, 6) is 0.570. The second-order valence-electron chi connectivity index (χ2n) is 4.47. The summed E-state index contributed by atoms with van der Waals surface area (Å²) in [5.41, 5.74) is 4.06. The second kappa shape index (κ2) is 4.82. The fourth-order valence-electron chi connectivity index (χ4n) is 2.49. The standard InChI is InChI=1S/C12H14IN2OP/c1-8-4-10-6-14-15(17-13)12(10)5-11(8)9-2-3-16-7-9/h4-6,9,17H,2-3,7H2,1H3. The maximum absolute atomic E-state index is 5.49. The van der Waals surface area contributed by atoms with Crippen LogP contribution in [0.5, 0.6) is 0 Å². The molecule has 0 saturated carbocycles. The van der Waals surface area contributed by atoms with Gasteiger partial charge in [0.1, 0.15) is 0 Å². The average molecular weight is 360 g/mol. The molecule has 2 aromatic rings. The molecule has 90 valence electrons. The molecule has 2 unspecified atom stereocenters. The summed E-state index contributed by atoms with van der Waals surface area (Å²) in [7, 11) is 0. The van der Waals surface area contributed by atoms with Crippen LogP contribution in [0.15, 0.2) is 18.3 Å². The number of halogens is 1. The van der Waals surface area contributed by atoms with Gasteiger partial charge in [0.2, 0.25) is 0 Å². The lowest BCUT2D eigenvalue weighted by atomic mass is 9.93. The monoisotopic (exact) mass is 360 g/mol. The van der Waals surface area contributed by atoms with E-state index in [9.17, 15) is 0 Å². The van der Waals surface area contributed by atoms with E-state index in [0.29, 0.717) is 12.3 Å². The van der Waals surface area contributed by atoms with Gasteiger partial charge in [0.05, 0.1) is 24.7 Å². The molecule has 0 amide bonds. The van der Waals surface area contributed by atoms with Gasteiger partial charge in [-0.3, -0.25) is 0 Å². The molecule has 0 spiro atoms. The molecule has 0 radical (unpaired) electrons. The van der Waals surface area contributed by atoms with Gasteiger partial charge in [-0.2, -0.15) is 5.10 Å². The van der Waals surface area contributed by atoms with Crippen LogP contribution in [0.1, 0.15) is 23.5 Å². The quantitative estimate of drug-likeness (QED) is 0.604. The molecule has 1 saturated heterocycles. The van der Waals surface area contributed by atoms with Gasteiger partial charge in [-0.1, -0.05) is 0 Å². The van der Waals surface area contributed by atoms with Gasteiger partial charge >= 0.3 is 0 Å². The van der Waals surface area contributed by atoms with Gasteiger partial charge in [-0.05, 0) is 58.6 Å². The highest BCUT2D eigenvalue weighted by atomic mass is 127. The first-order chi connectivity index (χ1) is 8.29. The Morgan fingerprint density at radius 2 is 2.41 bits per heavy atom. The molecule has 1 aromatic carbocycles. The van der Waals surface area contributed by atoms with Crippen molar-refractivity contribution in [1.82, 2.24) is 9.55 Å². The molecular weight excluding hydrogens is 346 g/mol. The zero-order chi connectivity index (χ0) is 11.8. The van der Waals surface area contributed by atoms with Crippen LogP contribution in [0.4, 0.5) is 0 Å². The van der Waals surface area contributed by atoms with Crippen molar-refractivity contribution in [1.29, 1.82) is 0 Å². The van der Waals surface area contributed by atoms with Crippen molar-refractivity contribution in [2.45, 2.75) is 19.3 Å². The summed E-state index contributed by atoms with van der Waals surface area (Å²) < 4.78 is 7.57. The van der Waals surface area contributed by atoms with Gasteiger partial charge in [0.25, 0.3) is 0 Å². The Bertz CT molecular complexity index is 549. The predicted molar refractivity (Wildman–Crippen MR) is 80.4 cm³/mol. The normalized spacial score (nSPS) is 20.9. The second-order valence-corrected chi connectivity index (χ2v) is 6.51. The Morgan fingerprint density at radius 3 is 3.12 bits per heavy atom. The smallest absolute Gasteiger partial charge is 0.0732 e. The maximum atomic E-state index is 5.49. The van der Waals surface area contributed by atoms with E-state index in [1.165, 1.54) is 22.0 Å². The van der Waals surface area contributed by atoms with Crippen LogP contribution in [0.25, 0.3) is 10.9 Å². The number of ether oxygens (including phenoxy) is 1. The zero-order valence-electron chi connectivity index (χ0n) is 9.61. The van der Waals surface area contributed by atoms with Gasteiger partial charge in [-0.15, -0.1) is 0 Å². The Morgan fingerprint density at radius 1 is 1.53 bits per heavy atom. The number of aromatic nitrogens is 2. The molecule has 2 heterocycles. The SMILES string of the molecule is Cc1cc2cnn(PI)c2cc1C1CCOC1. The lowest BCUT2D eigenvalue weighted by Gasteiger charge is -2.12.